The smallest absolute Gasteiger partial charge is 0.105 e. The number of hydrogen-bond acceptors (Lipinski definition) is 1. The Kier molecular flexibility index (Phi) is 13.3. The minimum atomic E-state index is -0.102. The molecule has 0 aromatic rings. The van der Waals surface area contributed by atoms with Gasteiger partial charge in [0.25, 0.3) is 0 Å². The van der Waals surface area contributed by atoms with Gasteiger partial charge in [0.2, 0.25) is 0 Å². The third-order valence-electron chi connectivity index (χ3n) is 2.26. The van der Waals surface area contributed by atoms with Crippen LogP contribution in [-0.2, 0) is 0 Å². The topological polar surface area (TPSA) is 20.2 Å². The Bertz CT molecular complexity index is 317. The number of aliphatic hydroxyl groups is 1. The van der Waals surface area contributed by atoms with Crippen LogP contribution < -0.4 is 0 Å². The summed E-state index contributed by atoms with van der Waals surface area (Å²) in [5, 5.41) is 8.39. The lowest BCUT2D eigenvalue weighted by molar-refractivity contribution is 0.350. The van der Waals surface area contributed by atoms with Crippen molar-refractivity contribution in [3.63, 3.8) is 0 Å². The van der Waals surface area contributed by atoms with Crippen molar-refractivity contribution in [1.82, 2.24) is 0 Å². The van der Waals surface area contributed by atoms with Gasteiger partial charge in [-0.05, 0) is 31.1 Å². The van der Waals surface area contributed by atoms with E-state index >= 15 is 0 Å². The summed E-state index contributed by atoms with van der Waals surface area (Å²) in [7, 11) is 0. The fraction of sp³-hybridized carbons (Fsp3) is 0.500. The Morgan fingerprint density at radius 2 is 1.65 bits per heavy atom. The number of aliphatic hydroxyl groups excluding tert-OH is 1. The number of unbranched alkanes of at least 4 members (excludes halogenated alkanes) is 6. The van der Waals surface area contributed by atoms with Crippen LogP contribution in [0.2, 0.25) is 0 Å². The molecule has 0 unspecified atom stereocenters. The van der Waals surface area contributed by atoms with Crippen molar-refractivity contribution in [3.05, 3.63) is 24.8 Å². The van der Waals surface area contributed by atoms with Crippen molar-refractivity contribution in [2.75, 3.05) is 6.61 Å². The van der Waals surface area contributed by atoms with Crippen LogP contribution in [0.3, 0.4) is 0 Å². The molecule has 0 fully saturated rings. The molecule has 0 amide bonds. The molecule has 0 atom stereocenters. The van der Waals surface area contributed by atoms with E-state index in [0.29, 0.717) is 0 Å². The minimum Gasteiger partial charge on any atom is -0.384 e. The van der Waals surface area contributed by atoms with Crippen molar-refractivity contribution in [2.45, 2.75) is 44.9 Å². The fourth-order valence-electron chi connectivity index (χ4n) is 1.39. The van der Waals surface area contributed by atoms with Gasteiger partial charge in [-0.1, -0.05) is 55.9 Å². The monoisotopic (exact) mass is 230 g/mol. The Morgan fingerprint density at radius 3 is 2.41 bits per heavy atom. The van der Waals surface area contributed by atoms with Crippen LogP contribution in [0.4, 0.5) is 0 Å². The standard InChI is InChI=1S/C16H22O/c1-2-3-4-5-6-7-8-9-10-11-12-13-14-15-16-17/h2-4,17H,1,5-11,16H2/b4-3-. The Labute approximate surface area is 106 Å². The maximum Gasteiger partial charge on any atom is 0.105 e. The molecule has 0 aliphatic rings. The van der Waals surface area contributed by atoms with E-state index in [9.17, 15) is 0 Å². The van der Waals surface area contributed by atoms with Crippen molar-refractivity contribution < 1.29 is 5.11 Å². The number of hydrogen-bond donors (Lipinski definition) is 1. The number of rotatable bonds is 8. The maximum atomic E-state index is 8.39. The van der Waals surface area contributed by atoms with Gasteiger partial charge in [0, 0.05) is 6.42 Å². The Morgan fingerprint density at radius 1 is 0.941 bits per heavy atom. The van der Waals surface area contributed by atoms with Crippen LogP contribution in [0, 0.1) is 23.7 Å². The molecule has 0 aliphatic carbocycles. The molecule has 1 N–H and O–H groups in total. The zero-order chi connectivity index (χ0) is 12.6. The highest BCUT2D eigenvalue weighted by Crippen LogP contribution is 2.07. The molecule has 0 saturated heterocycles. The summed E-state index contributed by atoms with van der Waals surface area (Å²) in [5.74, 6) is 10.8. The van der Waals surface area contributed by atoms with Crippen LogP contribution in [-0.4, -0.2) is 11.7 Å². The molecule has 0 spiro atoms. The van der Waals surface area contributed by atoms with Crippen LogP contribution >= 0.6 is 0 Å². The first-order valence-corrected chi connectivity index (χ1v) is 6.26. The highest BCUT2D eigenvalue weighted by Gasteiger charge is 1.88. The molecule has 1 nitrogen and oxygen atoms in total. The van der Waals surface area contributed by atoms with Gasteiger partial charge in [0.15, 0.2) is 0 Å². The zero-order valence-corrected chi connectivity index (χ0v) is 10.5. The lowest BCUT2D eigenvalue weighted by Gasteiger charge is -1.96. The second-order valence-electron chi connectivity index (χ2n) is 3.73. The SMILES string of the molecule is C=C/C=C\CCCCCCCC#CC#CCO. The van der Waals surface area contributed by atoms with Crippen molar-refractivity contribution in [1.29, 1.82) is 0 Å². The summed E-state index contributed by atoms with van der Waals surface area (Å²) in [6.45, 7) is 3.53. The van der Waals surface area contributed by atoms with E-state index in [1.807, 2.05) is 12.2 Å². The summed E-state index contributed by atoms with van der Waals surface area (Å²) < 4.78 is 0. The Hall–Kier alpha value is -1.44. The molecular formula is C16H22O. The minimum absolute atomic E-state index is 0.102. The highest BCUT2D eigenvalue weighted by molar-refractivity contribution is 5.25. The van der Waals surface area contributed by atoms with Crippen molar-refractivity contribution in [2.24, 2.45) is 0 Å². The van der Waals surface area contributed by atoms with E-state index in [4.69, 9.17) is 5.11 Å². The lowest BCUT2D eigenvalue weighted by Crippen LogP contribution is -1.78. The van der Waals surface area contributed by atoms with Gasteiger partial charge in [-0.15, -0.1) is 0 Å². The van der Waals surface area contributed by atoms with Gasteiger partial charge in [-0.3, -0.25) is 0 Å². The van der Waals surface area contributed by atoms with Gasteiger partial charge in [0.05, 0.1) is 0 Å². The largest absolute Gasteiger partial charge is 0.384 e. The number of allylic oxidation sites excluding steroid dienone is 3. The molecule has 0 rings (SSSR count). The molecule has 0 radical (unpaired) electrons. The maximum absolute atomic E-state index is 8.39. The van der Waals surface area contributed by atoms with E-state index in [2.05, 4.69) is 36.3 Å². The normalized spacial score (nSPS) is 9.24. The van der Waals surface area contributed by atoms with Gasteiger partial charge in [-0.25, -0.2) is 0 Å². The summed E-state index contributed by atoms with van der Waals surface area (Å²) in [6, 6.07) is 0. The van der Waals surface area contributed by atoms with Crippen LogP contribution in [0.25, 0.3) is 0 Å². The molecule has 0 aromatic carbocycles. The first-order chi connectivity index (χ1) is 8.41. The molecule has 0 heterocycles. The molecule has 17 heavy (non-hydrogen) atoms. The average molecular weight is 230 g/mol. The summed E-state index contributed by atoms with van der Waals surface area (Å²) in [5.41, 5.74) is 0. The average Bonchev–Trinajstić information content (AvgIpc) is 2.35. The molecule has 0 aromatic heterocycles. The van der Waals surface area contributed by atoms with Crippen LogP contribution in [0.15, 0.2) is 24.8 Å². The summed E-state index contributed by atoms with van der Waals surface area (Å²) in [4.78, 5) is 0. The molecule has 92 valence electrons. The second kappa shape index (κ2) is 14.6. The molecule has 0 saturated carbocycles. The van der Waals surface area contributed by atoms with E-state index in [1.54, 1.807) is 0 Å². The lowest BCUT2D eigenvalue weighted by atomic mass is 10.1. The molecule has 1 heteroatoms. The van der Waals surface area contributed by atoms with E-state index in [-0.39, 0.29) is 6.61 Å². The van der Waals surface area contributed by atoms with E-state index < -0.39 is 0 Å². The first kappa shape index (κ1) is 15.6. The molecular weight excluding hydrogens is 208 g/mol. The van der Waals surface area contributed by atoms with E-state index in [1.165, 1.54) is 25.7 Å². The van der Waals surface area contributed by atoms with Gasteiger partial charge < -0.3 is 5.11 Å². The van der Waals surface area contributed by atoms with Crippen molar-refractivity contribution >= 4 is 0 Å². The van der Waals surface area contributed by atoms with Gasteiger partial charge >= 0.3 is 0 Å². The Balaban J connectivity index is 3.20. The van der Waals surface area contributed by atoms with Gasteiger partial charge in [-0.2, -0.15) is 0 Å². The molecule has 0 bridgehead atoms. The predicted molar refractivity (Wildman–Crippen MR) is 74.3 cm³/mol. The quantitative estimate of drug-likeness (QED) is 0.384. The summed E-state index contributed by atoms with van der Waals surface area (Å²) in [6.07, 6.45) is 14.3. The second-order valence-corrected chi connectivity index (χ2v) is 3.73. The van der Waals surface area contributed by atoms with Crippen LogP contribution in [0.1, 0.15) is 44.9 Å². The summed E-state index contributed by atoms with van der Waals surface area (Å²) >= 11 is 0. The van der Waals surface area contributed by atoms with Crippen molar-refractivity contribution in [3.8, 4) is 23.7 Å². The highest BCUT2D eigenvalue weighted by atomic mass is 16.2. The third kappa shape index (κ3) is 14.6. The van der Waals surface area contributed by atoms with Gasteiger partial charge in [0.1, 0.15) is 6.61 Å². The van der Waals surface area contributed by atoms with Crippen LogP contribution in [0.5, 0.6) is 0 Å². The fourth-order valence-corrected chi connectivity index (χ4v) is 1.39. The van der Waals surface area contributed by atoms with E-state index in [0.717, 1.165) is 19.3 Å². The molecule has 0 aliphatic heterocycles. The third-order valence-corrected chi connectivity index (χ3v) is 2.26. The predicted octanol–water partition coefficient (Wildman–Crippen LogP) is 3.46. The first-order valence-electron chi connectivity index (χ1n) is 6.26. The zero-order valence-electron chi connectivity index (χ0n) is 10.5.